The topological polar surface area (TPSA) is 52.4 Å². The van der Waals surface area contributed by atoms with Crippen molar-refractivity contribution >= 4 is 11.3 Å². The highest BCUT2D eigenvalue weighted by atomic mass is 32.1. The molecule has 0 bridgehead atoms. The van der Waals surface area contributed by atoms with E-state index in [1.165, 1.54) is 16.0 Å². The largest absolute Gasteiger partial charge is 0.493 e. The van der Waals surface area contributed by atoms with Crippen LogP contribution in [0.3, 0.4) is 0 Å². The molecule has 4 rings (SSSR count). The zero-order valence-electron chi connectivity index (χ0n) is 15.9. The summed E-state index contributed by atoms with van der Waals surface area (Å²) in [6.07, 6.45) is 3.88. The normalized spacial score (nSPS) is 16.9. The molecule has 0 radical (unpaired) electrons. The number of hydrogen-bond acceptors (Lipinski definition) is 6. The van der Waals surface area contributed by atoms with Crippen LogP contribution in [-0.4, -0.2) is 47.2 Å². The molecule has 2 aromatic heterocycles. The Kier molecular flexibility index (Phi) is 5.13. The SMILES string of the molecule is COc1cc2c(cc1OC)C(c1cccs1)N(CCc1cn(C)nn1)CC2. The third kappa shape index (κ3) is 3.57. The first-order valence-corrected chi connectivity index (χ1v) is 9.95. The summed E-state index contributed by atoms with van der Waals surface area (Å²) in [6, 6.07) is 8.85. The van der Waals surface area contributed by atoms with E-state index >= 15 is 0 Å². The Morgan fingerprint density at radius 2 is 2.04 bits per heavy atom. The van der Waals surface area contributed by atoms with Gasteiger partial charge in [0.2, 0.25) is 0 Å². The van der Waals surface area contributed by atoms with Crippen LogP contribution in [0.25, 0.3) is 0 Å². The number of thiophene rings is 1. The molecule has 6 nitrogen and oxygen atoms in total. The highest BCUT2D eigenvalue weighted by Crippen LogP contribution is 2.42. The molecule has 27 heavy (non-hydrogen) atoms. The molecule has 1 unspecified atom stereocenters. The van der Waals surface area contributed by atoms with Gasteiger partial charge < -0.3 is 9.47 Å². The van der Waals surface area contributed by atoms with Gasteiger partial charge in [-0.05, 0) is 41.1 Å². The molecule has 0 N–H and O–H groups in total. The maximum absolute atomic E-state index is 5.57. The Morgan fingerprint density at radius 1 is 1.22 bits per heavy atom. The average Bonchev–Trinajstić information content (AvgIpc) is 3.36. The predicted octanol–water partition coefficient (Wildman–Crippen LogP) is 3.08. The van der Waals surface area contributed by atoms with Gasteiger partial charge in [0.1, 0.15) is 0 Å². The fourth-order valence-corrected chi connectivity index (χ4v) is 4.66. The van der Waals surface area contributed by atoms with Crippen LogP contribution < -0.4 is 9.47 Å². The van der Waals surface area contributed by atoms with Crippen LogP contribution in [0.1, 0.15) is 27.7 Å². The summed E-state index contributed by atoms with van der Waals surface area (Å²) in [5, 5.41) is 10.4. The molecule has 0 aliphatic carbocycles. The summed E-state index contributed by atoms with van der Waals surface area (Å²) in [5.74, 6) is 1.59. The number of rotatable bonds is 6. The van der Waals surface area contributed by atoms with Crippen molar-refractivity contribution in [1.29, 1.82) is 0 Å². The molecule has 0 fully saturated rings. The van der Waals surface area contributed by atoms with Gasteiger partial charge in [-0.1, -0.05) is 11.3 Å². The second-order valence-electron chi connectivity index (χ2n) is 6.74. The average molecular weight is 385 g/mol. The van der Waals surface area contributed by atoms with E-state index in [0.29, 0.717) is 0 Å². The van der Waals surface area contributed by atoms with Crippen molar-refractivity contribution in [1.82, 2.24) is 19.9 Å². The van der Waals surface area contributed by atoms with Crippen LogP contribution >= 0.6 is 11.3 Å². The number of fused-ring (bicyclic) bond motifs is 1. The summed E-state index contributed by atoms with van der Waals surface area (Å²) in [5.41, 5.74) is 3.67. The quantitative estimate of drug-likeness (QED) is 0.654. The zero-order chi connectivity index (χ0) is 18.8. The molecular formula is C20H24N4O2S. The second kappa shape index (κ2) is 7.70. The van der Waals surface area contributed by atoms with E-state index in [-0.39, 0.29) is 6.04 Å². The lowest BCUT2D eigenvalue weighted by molar-refractivity contribution is 0.217. The minimum Gasteiger partial charge on any atom is -0.493 e. The van der Waals surface area contributed by atoms with Crippen molar-refractivity contribution in [3.8, 4) is 11.5 Å². The summed E-state index contributed by atoms with van der Waals surface area (Å²) in [6.45, 7) is 1.94. The fraction of sp³-hybridized carbons (Fsp3) is 0.400. The van der Waals surface area contributed by atoms with Crippen LogP contribution in [0.4, 0.5) is 0 Å². The van der Waals surface area contributed by atoms with Crippen LogP contribution in [0.5, 0.6) is 11.5 Å². The molecule has 3 aromatic rings. The summed E-state index contributed by atoms with van der Waals surface area (Å²) in [7, 11) is 5.29. The van der Waals surface area contributed by atoms with E-state index in [9.17, 15) is 0 Å². The molecule has 1 aliphatic rings. The number of ether oxygens (including phenoxy) is 2. The van der Waals surface area contributed by atoms with Crippen LogP contribution in [0.2, 0.25) is 0 Å². The van der Waals surface area contributed by atoms with Gasteiger partial charge in [0.15, 0.2) is 11.5 Å². The van der Waals surface area contributed by atoms with Crippen molar-refractivity contribution in [2.24, 2.45) is 7.05 Å². The standard InChI is InChI=1S/C20H24N4O2S/c1-23-13-15(21-22-23)7-9-24-8-6-14-11-17(25-2)18(26-3)12-16(14)20(24)19-5-4-10-27-19/h4-5,10-13,20H,6-9H2,1-3H3. The van der Waals surface area contributed by atoms with E-state index in [4.69, 9.17) is 9.47 Å². The number of hydrogen-bond donors (Lipinski definition) is 0. The number of aromatic nitrogens is 3. The minimum atomic E-state index is 0.227. The van der Waals surface area contributed by atoms with Gasteiger partial charge in [-0.2, -0.15) is 0 Å². The summed E-state index contributed by atoms with van der Waals surface area (Å²) in [4.78, 5) is 3.89. The van der Waals surface area contributed by atoms with E-state index in [2.05, 4.69) is 44.9 Å². The van der Waals surface area contributed by atoms with Crippen molar-refractivity contribution in [2.45, 2.75) is 18.9 Å². The van der Waals surface area contributed by atoms with Crippen LogP contribution in [-0.2, 0) is 19.9 Å². The third-order valence-electron chi connectivity index (χ3n) is 5.09. The molecule has 3 heterocycles. The Hall–Kier alpha value is -2.38. The van der Waals surface area contributed by atoms with Crippen molar-refractivity contribution in [3.05, 3.63) is 57.5 Å². The van der Waals surface area contributed by atoms with Gasteiger partial charge in [-0.15, -0.1) is 16.4 Å². The van der Waals surface area contributed by atoms with Gasteiger partial charge >= 0.3 is 0 Å². The number of methoxy groups -OCH3 is 2. The Balaban J connectivity index is 1.67. The first-order chi connectivity index (χ1) is 13.2. The minimum absolute atomic E-state index is 0.227. The summed E-state index contributed by atoms with van der Waals surface area (Å²) < 4.78 is 12.8. The smallest absolute Gasteiger partial charge is 0.161 e. The van der Waals surface area contributed by atoms with Crippen molar-refractivity contribution in [3.63, 3.8) is 0 Å². The molecule has 142 valence electrons. The van der Waals surface area contributed by atoms with Crippen LogP contribution in [0, 0.1) is 0 Å². The predicted molar refractivity (Wildman–Crippen MR) is 106 cm³/mol. The first-order valence-electron chi connectivity index (χ1n) is 9.07. The lowest BCUT2D eigenvalue weighted by Crippen LogP contribution is -2.37. The van der Waals surface area contributed by atoms with E-state index in [1.807, 2.05) is 13.2 Å². The van der Waals surface area contributed by atoms with Crippen molar-refractivity contribution in [2.75, 3.05) is 27.3 Å². The highest BCUT2D eigenvalue weighted by molar-refractivity contribution is 7.10. The van der Waals surface area contributed by atoms with E-state index in [0.717, 1.165) is 43.1 Å². The molecule has 0 saturated carbocycles. The molecule has 1 aliphatic heterocycles. The molecule has 1 aromatic carbocycles. The lowest BCUT2D eigenvalue weighted by atomic mass is 9.90. The van der Waals surface area contributed by atoms with Crippen molar-refractivity contribution < 1.29 is 9.47 Å². The molecule has 1 atom stereocenters. The maximum atomic E-state index is 5.57. The van der Waals surface area contributed by atoms with Gasteiger partial charge in [0, 0.05) is 37.6 Å². The number of aryl methyl sites for hydroxylation is 1. The molecule has 0 amide bonds. The summed E-state index contributed by atoms with van der Waals surface area (Å²) >= 11 is 1.80. The lowest BCUT2D eigenvalue weighted by Gasteiger charge is -2.37. The molecule has 7 heteroatoms. The molecule has 0 spiro atoms. The Labute approximate surface area is 163 Å². The third-order valence-corrected chi connectivity index (χ3v) is 6.02. The molecule has 0 saturated heterocycles. The fourth-order valence-electron chi connectivity index (χ4n) is 3.79. The Bertz CT molecular complexity index is 907. The van der Waals surface area contributed by atoms with Gasteiger partial charge in [0.25, 0.3) is 0 Å². The van der Waals surface area contributed by atoms with Gasteiger partial charge in [-0.25, -0.2) is 0 Å². The van der Waals surface area contributed by atoms with Crippen LogP contribution in [0.15, 0.2) is 35.8 Å². The van der Waals surface area contributed by atoms with E-state index in [1.54, 1.807) is 30.2 Å². The Morgan fingerprint density at radius 3 is 2.70 bits per heavy atom. The highest BCUT2D eigenvalue weighted by Gasteiger charge is 2.31. The van der Waals surface area contributed by atoms with E-state index < -0.39 is 0 Å². The first kappa shape index (κ1) is 18.0. The second-order valence-corrected chi connectivity index (χ2v) is 7.72. The number of benzene rings is 1. The zero-order valence-corrected chi connectivity index (χ0v) is 16.7. The molecular weight excluding hydrogens is 360 g/mol. The van der Waals surface area contributed by atoms with Gasteiger partial charge in [0.05, 0.1) is 26.0 Å². The maximum Gasteiger partial charge on any atom is 0.161 e. The number of nitrogens with zero attached hydrogens (tertiary/aromatic N) is 4. The monoisotopic (exact) mass is 384 g/mol. The van der Waals surface area contributed by atoms with Gasteiger partial charge in [-0.3, -0.25) is 9.58 Å².